The van der Waals surface area contributed by atoms with E-state index < -0.39 is 86.7 Å². The molecule has 17 heteroatoms. The van der Waals surface area contributed by atoms with Crippen molar-refractivity contribution in [3.63, 3.8) is 0 Å². The summed E-state index contributed by atoms with van der Waals surface area (Å²) in [4.78, 5) is 71.5. The number of hydrogen-bond acceptors (Lipinski definition) is 9. The number of halogens is 2. The number of benzene rings is 2. The van der Waals surface area contributed by atoms with Crippen LogP contribution in [0.3, 0.4) is 0 Å². The third-order valence-corrected chi connectivity index (χ3v) is 11.8. The van der Waals surface area contributed by atoms with Gasteiger partial charge in [0.15, 0.2) is 0 Å². The number of ether oxygens (including phenoxy) is 2. The Morgan fingerprint density at radius 1 is 1.05 bits per heavy atom. The minimum Gasteiger partial charge on any atom is -0.444 e. The zero-order valence-corrected chi connectivity index (χ0v) is 33.1. The van der Waals surface area contributed by atoms with Gasteiger partial charge in [-0.1, -0.05) is 60.9 Å². The van der Waals surface area contributed by atoms with Crippen molar-refractivity contribution in [2.24, 2.45) is 5.92 Å². The quantitative estimate of drug-likeness (QED) is 0.344. The average Bonchev–Trinajstić information content (AvgIpc) is 3.40. The molecule has 2 aromatic rings. The van der Waals surface area contributed by atoms with E-state index >= 15 is 0 Å². The normalized spacial score (nSPS) is 25.4. The molecule has 1 saturated carbocycles. The van der Waals surface area contributed by atoms with E-state index in [1.807, 2.05) is 6.08 Å². The van der Waals surface area contributed by atoms with Gasteiger partial charge < -0.3 is 25.0 Å². The second-order valence-electron chi connectivity index (χ2n) is 15.8. The Morgan fingerprint density at radius 2 is 1.80 bits per heavy atom. The number of alkyl carbamates (subject to hydrolysis) is 1. The van der Waals surface area contributed by atoms with Crippen LogP contribution in [0.2, 0.25) is 5.02 Å². The smallest absolute Gasteiger partial charge is 0.410 e. The molecule has 0 radical (unpaired) electrons. The van der Waals surface area contributed by atoms with E-state index in [2.05, 4.69) is 15.4 Å². The number of carbonyl (C=O) groups is 5. The van der Waals surface area contributed by atoms with Crippen LogP contribution in [-0.2, 0) is 52.7 Å². The average molecular weight is 816 g/mol. The van der Waals surface area contributed by atoms with Crippen LogP contribution in [0.4, 0.5) is 14.0 Å². The number of amides is 5. The van der Waals surface area contributed by atoms with Gasteiger partial charge in [-0.2, -0.15) is 0 Å². The second kappa shape index (κ2) is 16.4. The molecule has 5 amide bonds. The molecule has 3 heterocycles. The fourth-order valence-electron chi connectivity index (χ4n) is 7.41. The molecule has 0 aromatic heterocycles. The Labute approximate surface area is 330 Å². The molecule has 6 rings (SSSR count). The van der Waals surface area contributed by atoms with E-state index in [1.165, 1.54) is 40.1 Å². The number of nitrogens with one attached hydrogen (secondary N) is 3. The molecule has 2 fully saturated rings. The monoisotopic (exact) mass is 815 g/mol. The van der Waals surface area contributed by atoms with Crippen molar-refractivity contribution in [3.8, 4) is 0 Å². The van der Waals surface area contributed by atoms with E-state index in [0.717, 1.165) is 6.42 Å². The summed E-state index contributed by atoms with van der Waals surface area (Å²) in [5.41, 5.74) is -1.10. The molecule has 1 saturated heterocycles. The number of allylic oxidation sites excluding steroid dienone is 1. The minimum absolute atomic E-state index is 0.0184. The van der Waals surface area contributed by atoms with Gasteiger partial charge in [-0.05, 0) is 75.8 Å². The number of rotatable bonds is 6. The van der Waals surface area contributed by atoms with Crippen LogP contribution in [0.1, 0.15) is 82.4 Å². The Balaban J connectivity index is 1.25. The fraction of sp³-hybridized carbons (Fsp3) is 0.513. The molecule has 0 bridgehead atoms. The van der Waals surface area contributed by atoms with Crippen molar-refractivity contribution in [2.75, 3.05) is 6.54 Å². The molecule has 5 atom stereocenters. The first kappa shape index (κ1) is 40.9. The lowest BCUT2D eigenvalue weighted by Gasteiger charge is -2.30. The number of carbonyl (C=O) groups excluding carboxylic acids is 5. The molecular weight excluding hydrogens is 769 g/mol. The highest BCUT2D eigenvalue weighted by Crippen LogP contribution is 2.46. The number of hydrogen-bond donors (Lipinski definition) is 3. The molecule has 56 heavy (non-hydrogen) atoms. The third-order valence-electron chi connectivity index (χ3n) is 10.3. The summed E-state index contributed by atoms with van der Waals surface area (Å²) in [7, 11) is -4.22. The first-order valence-electron chi connectivity index (χ1n) is 18.7. The highest BCUT2D eigenvalue weighted by atomic mass is 35.5. The van der Waals surface area contributed by atoms with Gasteiger partial charge in [0.2, 0.25) is 21.8 Å². The molecule has 2 aromatic carbocycles. The lowest BCUT2D eigenvalue weighted by molar-refractivity contribution is -0.141. The number of fused-ring (bicyclic) bond motifs is 3. The second-order valence-corrected chi connectivity index (χ2v) is 18.0. The molecule has 1 aliphatic carbocycles. The van der Waals surface area contributed by atoms with E-state index in [1.54, 1.807) is 39.0 Å². The SMILES string of the molecule is CC(C)(C)OC(=O)N[C@H]1CCCCCC=C[C@@H]2C[C@@]2(C(=O)NS(=O)(=O)Cc2ccc(Cl)cc2)NC(=O)[C@@H]2C[C@@H](OC(=O)N3Cc4cccc(F)c4C3)CN2C1=O. The minimum atomic E-state index is -4.22. The van der Waals surface area contributed by atoms with Crippen molar-refractivity contribution in [2.45, 2.75) is 114 Å². The molecule has 3 aliphatic heterocycles. The first-order valence-corrected chi connectivity index (χ1v) is 20.8. The van der Waals surface area contributed by atoms with Gasteiger partial charge in [0.05, 0.1) is 18.8 Å². The van der Waals surface area contributed by atoms with Crippen LogP contribution in [0, 0.1) is 11.7 Å². The Morgan fingerprint density at radius 3 is 2.52 bits per heavy atom. The molecular formula is C39H47ClFN5O9S. The van der Waals surface area contributed by atoms with Crippen molar-refractivity contribution in [1.29, 1.82) is 0 Å². The van der Waals surface area contributed by atoms with Gasteiger partial charge >= 0.3 is 12.2 Å². The molecule has 4 aliphatic rings. The highest BCUT2D eigenvalue weighted by molar-refractivity contribution is 7.89. The molecule has 0 unspecified atom stereocenters. The maximum Gasteiger partial charge on any atom is 0.410 e. The fourth-order valence-corrected chi connectivity index (χ4v) is 8.70. The summed E-state index contributed by atoms with van der Waals surface area (Å²) >= 11 is 5.94. The Kier molecular flexibility index (Phi) is 12.0. The molecule has 14 nitrogen and oxygen atoms in total. The van der Waals surface area contributed by atoms with Crippen molar-refractivity contribution in [1.82, 2.24) is 25.2 Å². The summed E-state index contributed by atoms with van der Waals surface area (Å²) in [6.45, 7) is 4.93. The van der Waals surface area contributed by atoms with E-state index in [4.69, 9.17) is 21.1 Å². The topological polar surface area (TPSA) is 181 Å². The summed E-state index contributed by atoms with van der Waals surface area (Å²) < 4.78 is 54.3. The predicted octanol–water partition coefficient (Wildman–Crippen LogP) is 4.84. The van der Waals surface area contributed by atoms with Gasteiger partial charge in [0.25, 0.3) is 5.91 Å². The molecule has 0 spiro atoms. The van der Waals surface area contributed by atoms with Gasteiger partial charge in [0, 0.05) is 29.5 Å². The largest absolute Gasteiger partial charge is 0.444 e. The van der Waals surface area contributed by atoms with E-state index in [0.29, 0.717) is 41.0 Å². The third kappa shape index (κ3) is 9.81. The predicted molar refractivity (Wildman–Crippen MR) is 203 cm³/mol. The van der Waals surface area contributed by atoms with Gasteiger partial charge in [0.1, 0.15) is 35.1 Å². The van der Waals surface area contributed by atoms with Crippen molar-refractivity contribution >= 4 is 51.5 Å². The maximum atomic E-state index is 14.5. The van der Waals surface area contributed by atoms with Crippen LogP contribution in [0.15, 0.2) is 54.6 Å². The zero-order valence-electron chi connectivity index (χ0n) is 31.5. The van der Waals surface area contributed by atoms with Gasteiger partial charge in [-0.15, -0.1) is 0 Å². The van der Waals surface area contributed by atoms with E-state index in [9.17, 15) is 36.8 Å². The van der Waals surface area contributed by atoms with Crippen LogP contribution >= 0.6 is 11.6 Å². The van der Waals surface area contributed by atoms with Crippen LogP contribution in [0.5, 0.6) is 0 Å². The summed E-state index contributed by atoms with van der Waals surface area (Å²) in [6, 6.07) is 8.32. The number of nitrogens with zero attached hydrogens (tertiary/aromatic N) is 2. The Hall–Kier alpha value is -4.70. The van der Waals surface area contributed by atoms with Crippen molar-refractivity contribution in [3.05, 3.63) is 82.1 Å². The van der Waals surface area contributed by atoms with Gasteiger partial charge in [-0.3, -0.25) is 24.0 Å². The summed E-state index contributed by atoms with van der Waals surface area (Å²) in [5.74, 6) is -3.81. The molecule has 302 valence electrons. The Bertz CT molecular complexity index is 2010. The lowest BCUT2D eigenvalue weighted by Crippen LogP contribution is -2.58. The highest BCUT2D eigenvalue weighted by Gasteiger charge is 2.61. The van der Waals surface area contributed by atoms with Crippen LogP contribution in [-0.4, -0.2) is 84.0 Å². The van der Waals surface area contributed by atoms with Gasteiger partial charge in [-0.25, -0.2) is 22.4 Å². The van der Waals surface area contributed by atoms with E-state index in [-0.39, 0.29) is 38.9 Å². The zero-order chi connectivity index (χ0) is 40.4. The molecule has 3 N–H and O–H groups in total. The standard InChI is InChI=1S/C39H47ClFN5O9S/c1-38(2,3)55-36(50)42-31-13-8-6-4-5-7-11-26-19-39(26,35(49)44-56(52,53)23-24-14-16-27(40)17-15-24)43-33(47)32-18-28(21-46(32)34(31)48)54-37(51)45-20-25-10-9-12-30(41)29(25)22-45/h7,9-12,14-17,26,28,31-32H,4-6,8,13,18-23H2,1-3H3,(H,42,50)(H,43,47)(H,44,49)/t26-,28-,31+,32+,39-/m1/s1. The van der Waals surface area contributed by atoms with Crippen LogP contribution in [0.25, 0.3) is 0 Å². The van der Waals surface area contributed by atoms with Crippen molar-refractivity contribution < 1.29 is 46.3 Å². The van der Waals surface area contributed by atoms with Crippen LogP contribution < -0.4 is 15.4 Å². The lowest BCUT2D eigenvalue weighted by atomic mass is 10.0. The summed E-state index contributed by atoms with van der Waals surface area (Å²) in [6.07, 6.45) is 3.88. The maximum absolute atomic E-state index is 14.5. The first-order chi connectivity index (χ1) is 26.4. The number of sulfonamides is 1. The summed E-state index contributed by atoms with van der Waals surface area (Å²) in [5, 5.41) is 5.86.